The molecule has 0 saturated carbocycles. The molecule has 2 atom stereocenters. The number of rotatable bonds is 6. The fourth-order valence-corrected chi connectivity index (χ4v) is 1.48. The van der Waals surface area contributed by atoms with Crippen molar-refractivity contribution in [3.63, 3.8) is 0 Å². The van der Waals surface area contributed by atoms with Crippen LogP contribution in [0.4, 0.5) is 5.69 Å². The molecule has 0 aliphatic heterocycles. The fraction of sp³-hybridized carbons (Fsp3) is 0.538. The van der Waals surface area contributed by atoms with Crippen molar-refractivity contribution in [1.82, 2.24) is 0 Å². The molecule has 2 unspecified atom stereocenters. The van der Waals surface area contributed by atoms with Crippen LogP contribution in [0.1, 0.15) is 13.8 Å². The highest BCUT2D eigenvalue weighted by Crippen LogP contribution is 2.29. The summed E-state index contributed by atoms with van der Waals surface area (Å²) < 4.78 is 15.7. The van der Waals surface area contributed by atoms with Crippen molar-refractivity contribution in [2.45, 2.75) is 26.0 Å². The number of benzene rings is 1. The van der Waals surface area contributed by atoms with E-state index in [0.717, 1.165) is 17.2 Å². The molecule has 0 bridgehead atoms. The van der Waals surface area contributed by atoms with Crippen LogP contribution in [-0.2, 0) is 4.74 Å². The van der Waals surface area contributed by atoms with Gasteiger partial charge in [0.2, 0.25) is 0 Å². The molecule has 0 aliphatic rings. The van der Waals surface area contributed by atoms with Gasteiger partial charge in [-0.1, -0.05) is 0 Å². The normalized spacial score (nSPS) is 13.9. The zero-order chi connectivity index (χ0) is 12.8. The second kappa shape index (κ2) is 6.35. The second-order valence-electron chi connectivity index (χ2n) is 3.94. The smallest absolute Gasteiger partial charge is 0.145 e. The van der Waals surface area contributed by atoms with E-state index in [2.05, 4.69) is 12.2 Å². The first-order valence-electron chi connectivity index (χ1n) is 5.63. The quantitative estimate of drug-likeness (QED) is 0.828. The first-order chi connectivity index (χ1) is 8.12. The summed E-state index contributed by atoms with van der Waals surface area (Å²) in [6, 6.07) is 5.89. The maximum atomic E-state index is 5.32. The molecular weight excluding hydrogens is 218 g/mol. The third kappa shape index (κ3) is 3.53. The molecule has 0 aromatic heterocycles. The summed E-state index contributed by atoms with van der Waals surface area (Å²) in [5.41, 5.74) is 0.935. The molecule has 1 rings (SSSR count). The number of hydrogen-bond donors (Lipinski definition) is 1. The van der Waals surface area contributed by atoms with Gasteiger partial charge in [0.15, 0.2) is 0 Å². The Balaban J connectivity index is 2.83. The van der Waals surface area contributed by atoms with Crippen LogP contribution in [0.5, 0.6) is 11.5 Å². The number of hydrogen-bond acceptors (Lipinski definition) is 4. The van der Waals surface area contributed by atoms with E-state index in [-0.39, 0.29) is 12.1 Å². The second-order valence-corrected chi connectivity index (χ2v) is 3.94. The molecular formula is C13H21NO3. The number of anilines is 1. The minimum absolute atomic E-state index is 0.127. The van der Waals surface area contributed by atoms with E-state index in [0.29, 0.717) is 0 Å². The molecule has 96 valence electrons. The lowest BCUT2D eigenvalue weighted by molar-refractivity contribution is 0.106. The van der Waals surface area contributed by atoms with Crippen LogP contribution >= 0.6 is 0 Å². The lowest BCUT2D eigenvalue weighted by atomic mass is 10.2. The molecule has 17 heavy (non-hydrogen) atoms. The van der Waals surface area contributed by atoms with E-state index in [9.17, 15) is 0 Å². The van der Waals surface area contributed by atoms with Crippen LogP contribution in [0.3, 0.4) is 0 Å². The van der Waals surface area contributed by atoms with Gasteiger partial charge in [0.05, 0.1) is 26.0 Å². The van der Waals surface area contributed by atoms with Gasteiger partial charge < -0.3 is 19.5 Å². The van der Waals surface area contributed by atoms with Crippen LogP contribution in [0.2, 0.25) is 0 Å². The van der Waals surface area contributed by atoms with E-state index < -0.39 is 0 Å². The first-order valence-corrected chi connectivity index (χ1v) is 5.63. The Morgan fingerprint density at radius 1 is 1.06 bits per heavy atom. The third-order valence-electron chi connectivity index (χ3n) is 2.87. The van der Waals surface area contributed by atoms with Crippen molar-refractivity contribution in [3.05, 3.63) is 18.2 Å². The summed E-state index contributed by atoms with van der Waals surface area (Å²) in [6.07, 6.45) is 0.127. The van der Waals surface area contributed by atoms with Gasteiger partial charge in [0, 0.05) is 19.2 Å². The molecule has 0 aliphatic carbocycles. The molecule has 1 N–H and O–H groups in total. The van der Waals surface area contributed by atoms with Crippen LogP contribution in [0.25, 0.3) is 0 Å². The van der Waals surface area contributed by atoms with Crippen LogP contribution in [0.15, 0.2) is 18.2 Å². The predicted octanol–water partition coefficient (Wildman–Crippen LogP) is 2.54. The predicted molar refractivity (Wildman–Crippen MR) is 69.1 cm³/mol. The van der Waals surface area contributed by atoms with E-state index >= 15 is 0 Å². The van der Waals surface area contributed by atoms with Gasteiger partial charge >= 0.3 is 0 Å². The van der Waals surface area contributed by atoms with Crippen LogP contribution in [-0.4, -0.2) is 33.5 Å². The Morgan fingerprint density at radius 3 is 2.29 bits per heavy atom. The first kappa shape index (κ1) is 13.6. The van der Waals surface area contributed by atoms with Crippen LogP contribution in [0, 0.1) is 0 Å². The summed E-state index contributed by atoms with van der Waals surface area (Å²) in [5.74, 6) is 1.54. The maximum absolute atomic E-state index is 5.32. The van der Waals surface area contributed by atoms with Crippen molar-refractivity contribution >= 4 is 5.69 Å². The highest BCUT2D eigenvalue weighted by atomic mass is 16.5. The van der Waals surface area contributed by atoms with E-state index in [1.54, 1.807) is 21.3 Å². The SMILES string of the molecule is COc1ccc(NC(C)C(C)OC)c(OC)c1. The van der Waals surface area contributed by atoms with E-state index in [4.69, 9.17) is 14.2 Å². The zero-order valence-electron chi connectivity index (χ0n) is 11.1. The van der Waals surface area contributed by atoms with Gasteiger partial charge in [-0.05, 0) is 26.0 Å². The van der Waals surface area contributed by atoms with Gasteiger partial charge in [-0.3, -0.25) is 0 Å². The minimum atomic E-state index is 0.127. The molecule has 4 nitrogen and oxygen atoms in total. The molecule has 4 heteroatoms. The lowest BCUT2D eigenvalue weighted by Gasteiger charge is -2.22. The summed E-state index contributed by atoms with van der Waals surface area (Å²) in [5, 5.41) is 3.36. The minimum Gasteiger partial charge on any atom is -0.497 e. The Hall–Kier alpha value is -1.42. The molecule has 1 aromatic carbocycles. The monoisotopic (exact) mass is 239 g/mol. The highest BCUT2D eigenvalue weighted by Gasteiger charge is 2.13. The van der Waals surface area contributed by atoms with Gasteiger partial charge in [-0.25, -0.2) is 0 Å². The molecule has 0 amide bonds. The summed E-state index contributed by atoms with van der Waals surface area (Å²) in [7, 11) is 4.98. The number of nitrogens with one attached hydrogen (secondary N) is 1. The van der Waals surface area contributed by atoms with Crippen molar-refractivity contribution in [2.24, 2.45) is 0 Å². The standard InChI is InChI=1S/C13H21NO3/c1-9(10(2)15-3)14-12-7-6-11(16-4)8-13(12)17-5/h6-10,14H,1-5H3. The summed E-state index contributed by atoms with van der Waals surface area (Å²) in [6.45, 7) is 4.09. The van der Waals surface area contributed by atoms with Crippen LogP contribution < -0.4 is 14.8 Å². The maximum Gasteiger partial charge on any atom is 0.145 e. The Labute approximate surface area is 103 Å². The van der Waals surface area contributed by atoms with E-state index in [1.165, 1.54) is 0 Å². The Kier molecular flexibility index (Phi) is 5.10. The summed E-state index contributed by atoms with van der Waals surface area (Å²) in [4.78, 5) is 0. The average molecular weight is 239 g/mol. The van der Waals surface area contributed by atoms with Crippen molar-refractivity contribution in [1.29, 1.82) is 0 Å². The van der Waals surface area contributed by atoms with Gasteiger partial charge in [-0.15, -0.1) is 0 Å². The molecule has 0 heterocycles. The number of ether oxygens (including phenoxy) is 3. The van der Waals surface area contributed by atoms with E-state index in [1.807, 2.05) is 25.1 Å². The highest BCUT2D eigenvalue weighted by molar-refractivity contribution is 5.59. The average Bonchev–Trinajstić information content (AvgIpc) is 2.37. The molecule has 0 saturated heterocycles. The van der Waals surface area contributed by atoms with Crippen molar-refractivity contribution < 1.29 is 14.2 Å². The van der Waals surface area contributed by atoms with Crippen molar-refractivity contribution in [3.8, 4) is 11.5 Å². The molecule has 1 aromatic rings. The molecule has 0 radical (unpaired) electrons. The molecule has 0 fully saturated rings. The zero-order valence-corrected chi connectivity index (χ0v) is 11.1. The Morgan fingerprint density at radius 2 is 1.76 bits per heavy atom. The van der Waals surface area contributed by atoms with Crippen molar-refractivity contribution in [2.75, 3.05) is 26.6 Å². The fourth-order valence-electron chi connectivity index (χ4n) is 1.48. The van der Waals surface area contributed by atoms with Gasteiger partial charge in [-0.2, -0.15) is 0 Å². The Bertz CT molecular complexity index is 355. The molecule has 0 spiro atoms. The number of methoxy groups -OCH3 is 3. The topological polar surface area (TPSA) is 39.7 Å². The van der Waals surface area contributed by atoms with Gasteiger partial charge in [0.25, 0.3) is 0 Å². The largest absolute Gasteiger partial charge is 0.497 e. The summed E-state index contributed by atoms with van der Waals surface area (Å²) >= 11 is 0. The van der Waals surface area contributed by atoms with Gasteiger partial charge in [0.1, 0.15) is 11.5 Å². The third-order valence-corrected chi connectivity index (χ3v) is 2.87. The lowest BCUT2D eigenvalue weighted by Crippen LogP contribution is -2.29.